The van der Waals surface area contributed by atoms with Crippen molar-refractivity contribution >= 4 is 0 Å². The third-order valence-electron chi connectivity index (χ3n) is 2.46. The van der Waals surface area contributed by atoms with E-state index in [4.69, 9.17) is 10.5 Å². The van der Waals surface area contributed by atoms with Crippen LogP contribution in [-0.2, 0) is 6.42 Å². The molecule has 2 nitrogen and oxygen atoms in total. The molecule has 2 N–H and O–H groups in total. The molecule has 2 aromatic carbocycles. The zero-order valence-corrected chi connectivity index (χ0v) is 9.97. The van der Waals surface area contributed by atoms with Crippen LogP contribution in [0.1, 0.15) is 12.5 Å². The number of para-hydroxylation sites is 1. The zero-order valence-electron chi connectivity index (χ0n) is 9.97. The fraction of sp³-hybridized carbons (Fsp3) is 0.200. The lowest BCUT2D eigenvalue weighted by atomic mass is 10.1. The molecule has 1 unspecified atom stereocenters. The summed E-state index contributed by atoms with van der Waals surface area (Å²) in [5.41, 5.74) is 6.99. The van der Waals surface area contributed by atoms with Gasteiger partial charge in [-0.3, -0.25) is 0 Å². The Kier molecular flexibility index (Phi) is 3.78. The van der Waals surface area contributed by atoms with Gasteiger partial charge in [-0.1, -0.05) is 30.3 Å². The highest BCUT2D eigenvalue weighted by molar-refractivity contribution is 5.33. The smallest absolute Gasteiger partial charge is 0.127 e. The molecular formula is C15H17NO. The lowest BCUT2D eigenvalue weighted by Crippen LogP contribution is -2.17. The second-order valence-electron chi connectivity index (χ2n) is 4.24. The van der Waals surface area contributed by atoms with Gasteiger partial charge in [-0.25, -0.2) is 0 Å². The van der Waals surface area contributed by atoms with Gasteiger partial charge in [-0.2, -0.15) is 0 Å². The summed E-state index contributed by atoms with van der Waals surface area (Å²) in [6, 6.07) is 18.0. The standard InChI is InChI=1S/C15H17NO/c1-12(16)11-13-7-9-15(10-8-13)17-14-5-3-2-4-6-14/h2-10,12H,11,16H2,1H3. The SMILES string of the molecule is CC(N)Cc1ccc(Oc2ccccc2)cc1. The molecule has 0 aliphatic heterocycles. The first-order valence-corrected chi connectivity index (χ1v) is 5.81. The Morgan fingerprint density at radius 1 is 0.941 bits per heavy atom. The molecule has 0 heterocycles. The second-order valence-corrected chi connectivity index (χ2v) is 4.24. The van der Waals surface area contributed by atoms with Crippen LogP contribution in [0, 0.1) is 0 Å². The topological polar surface area (TPSA) is 35.2 Å². The molecule has 1 atom stereocenters. The second kappa shape index (κ2) is 5.51. The van der Waals surface area contributed by atoms with Crippen LogP contribution in [0.4, 0.5) is 0 Å². The van der Waals surface area contributed by atoms with E-state index in [2.05, 4.69) is 12.1 Å². The maximum absolute atomic E-state index is 5.75. The van der Waals surface area contributed by atoms with E-state index in [1.165, 1.54) is 5.56 Å². The molecule has 0 fully saturated rings. The van der Waals surface area contributed by atoms with Crippen LogP contribution in [0.5, 0.6) is 11.5 Å². The van der Waals surface area contributed by atoms with Crippen molar-refractivity contribution in [3.8, 4) is 11.5 Å². The van der Waals surface area contributed by atoms with Crippen molar-refractivity contribution in [3.63, 3.8) is 0 Å². The first-order valence-electron chi connectivity index (χ1n) is 5.81. The van der Waals surface area contributed by atoms with Crippen LogP contribution in [-0.4, -0.2) is 6.04 Å². The summed E-state index contributed by atoms with van der Waals surface area (Å²) in [7, 11) is 0. The van der Waals surface area contributed by atoms with E-state index in [9.17, 15) is 0 Å². The quantitative estimate of drug-likeness (QED) is 0.869. The highest BCUT2D eigenvalue weighted by atomic mass is 16.5. The van der Waals surface area contributed by atoms with Crippen LogP contribution in [0.2, 0.25) is 0 Å². The summed E-state index contributed by atoms with van der Waals surface area (Å²) in [4.78, 5) is 0. The third-order valence-corrected chi connectivity index (χ3v) is 2.46. The molecule has 17 heavy (non-hydrogen) atoms. The Morgan fingerprint density at radius 2 is 1.53 bits per heavy atom. The zero-order chi connectivity index (χ0) is 12.1. The fourth-order valence-electron chi connectivity index (χ4n) is 1.69. The van der Waals surface area contributed by atoms with Crippen LogP contribution in [0.3, 0.4) is 0 Å². The largest absolute Gasteiger partial charge is 0.457 e. The van der Waals surface area contributed by atoms with Gasteiger partial charge in [0.05, 0.1) is 0 Å². The van der Waals surface area contributed by atoms with E-state index in [1.54, 1.807) is 0 Å². The Hall–Kier alpha value is -1.80. The molecular weight excluding hydrogens is 210 g/mol. The minimum absolute atomic E-state index is 0.191. The molecule has 88 valence electrons. The van der Waals surface area contributed by atoms with Crippen molar-refractivity contribution in [1.82, 2.24) is 0 Å². The van der Waals surface area contributed by atoms with Gasteiger partial charge in [0.25, 0.3) is 0 Å². The van der Waals surface area contributed by atoms with Gasteiger partial charge in [-0.15, -0.1) is 0 Å². The van der Waals surface area contributed by atoms with Gasteiger partial charge in [0.15, 0.2) is 0 Å². The number of nitrogens with two attached hydrogens (primary N) is 1. The number of hydrogen-bond donors (Lipinski definition) is 1. The van der Waals surface area contributed by atoms with Crippen molar-refractivity contribution in [2.24, 2.45) is 5.73 Å². The van der Waals surface area contributed by atoms with Gasteiger partial charge in [0, 0.05) is 6.04 Å². The number of rotatable bonds is 4. The van der Waals surface area contributed by atoms with Crippen LogP contribution in [0.15, 0.2) is 54.6 Å². The molecule has 0 aliphatic carbocycles. The van der Waals surface area contributed by atoms with E-state index < -0.39 is 0 Å². The predicted octanol–water partition coefficient (Wildman–Crippen LogP) is 3.37. The first-order chi connectivity index (χ1) is 8.24. The molecule has 0 saturated carbocycles. The van der Waals surface area contributed by atoms with Crippen LogP contribution < -0.4 is 10.5 Å². The Bertz CT molecular complexity index is 448. The monoisotopic (exact) mass is 227 g/mol. The first kappa shape index (κ1) is 11.7. The maximum atomic E-state index is 5.75. The number of ether oxygens (including phenoxy) is 1. The Labute approximate surface area is 102 Å². The Morgan fingerprint density at radius 3 is 2.12 bits per heavy atom. The maximum Gasteiger partial charge on any atom is 0.127 e. The van der Waals surface area contributed by atoms with Crippen molar-refractivity contribution in [2.45, 2.75) is 19.4 Å². The van der Waals surface area contributed by atoms with Gasteiger partial charge in [-0.05, 0) is 43.2 Å². The summed E-state index contributed by atoms with van der Waals surface area (Å²) >= 11 is 0. The molecule has 2 heteroatoms. The molecule has 0 amide bonds. The summed E-state index contributed by atoms with van der Waals surface area (Å²) in [6.45, 7) is 2.01. The van der Waals surface area contributed by atoms with Crippen LogP contribution in [0.25, 0.3) is 0 Å². The molecule has 0 aromatic heterocycles. The minimum atomic E-state index is 0.191. The average Bonchev–Trinajstić information content (AvgIpc) is 2.32. The average molecular weight is 227 g/mol. The number of benzene rings is 2. The minimum Gasteiger partial charge on any atom is -0.457 e. The lowest BCUT2D eigenvalue weighted by molar-refractivity contribution is 0.482. The van der Waals surface area contributed by atoms with Gasteiger partial charge in [0.1, 0.15) is 11.5 Å². The lowest BCUT2D eigenvalue weighted by Gasteiger charge is -2.08. The molecule has 0 aliphatic rings. The van der Waals surface area contributed by atoms with Crippen molar-refractivity contribution in [1.29, 1.82) is 0 Å². The number of hydrogen-bond acceptors (Lipinski definition) is 2. The van der Waals surface area contributed by atoms with E-state index in [1.807, 2.05) is 49.4 Å². The molecule has 0 spiro atoms. The predicted molar refractivity (Wildman–Crippen MR) is 70.3 cm³/mol. The molecule has 2 aromatic rings. The van der Waals surface area contributed by atoms with E-state index in [-0.39, 0.29) is 6.04 Å². The van der Waals surface area contributed by atoms with Gasteiger partial charge in [0.2, 0.25) is 0 Å². The fourth-order valence-corrected chi connectivity index (χ4v) is 1.69. The molecule has 0 saturated heterocycles. The Balaban J connectivity index is 2.03. The van der Waals surface area contributed by atoms with E-state index in [0.29, 0.717) is 0 Å². The van der Waals surface area contributed by atoms with Crippen molar-refractivity contribution < 1.29 is 4.74 Å². The van der Waals surface area contributed by atoms with Crippen molar-refractivity contribution in [2.75, 3.05) is 0 Å². The van der Waals surface area contributed by atoms with Gasteiger partial charge < -0.3 is 10.5 Å². The summed E-state index contributed by atoms with van der Waals surface area (Å²) in [6.07, 6.45) is 0.894. The highest BCUT2D eigenvalue weighted by Gasteiger charge is 1.99. The normalized spacial score (nSPS) is 12.1. The summed E-state index contributed by atoms with van der Waals surface area (Å²) in [5, 5.41) is 0. The van der Waals surface area contributed by atoms with Crippen LogP contribution >= 0.6 is 0 Å². The van der Waals surface area contributed by atoms with Crippen molar-refractivity contribution in [3.05, 3.63) is 60.2 Å². The van der Waals surface area contributed by atoms with E-state index >= 15 is 0 Å². The molecule has 0 radical (unpaired) electrons. The third kappa shape index (κ3) is 3.61. The molecule has 2 rings (SSSR count). The summed E-state index contributed by atoms with van der Waals surface area (Å²) < 4.78 is 5.71. The van der Waals surface area contributed by atoms with E-state index in [0.717, 1.165) is 17.9 Å². The summed E-state index contributed by atoms with van der Waals surface area (Å²) in [5.74, 6) is 1.71. The van der Waals surface area contributed by atoms with Gasteiger partial charge >= 0.3 is 0 Å². The highest BCUT2D eigenvalue weighted by Crippen LogP contribution is 2.21. The molecule has 0 bridgehead atoms.